The van der Waals surface area contributed by atoms with E-state index in [9.17, 15) is 9.59 Å². The van der Waals surface area contributed by atoms with E-state index in [1.165, 1.54) is 18.2 Å². The molecule has 0 bridgehead atoms. The summed E-state index contributed by atoms with van der Waals surface area (Å²) in [4.78, 5) is 28.4. The number of nitrogens with one attached hydrogen (secondary N) is 1. The molecular weight excluding hydrogens is 546 g/mol. The molecule has 1 saturated carbocycles. The van der Waals surface area contributed by atoms with Crippen molar-refractivity contribution in [1.29, 1.82) is 0 Å². The topological polar surface area (TPSA) is 49.4 Å². The molecule has 3 rings (SSSR count). The third-order valence-electron chi connectivity index (χ3n) is 6.15. The first-order valence-corrected chi connectivity index (χ1v) is 14.5. The van der Waals surface area contributed by atoms with E-state index < -0.39 is 6.04 Å². The fraction of sp³-hybridized carbons (Fsp3) is 0.462. The van der Waals surface area contributed by atoms with E-state index in [1.807, 2.05) is 19.1 Å². The van der Waals surface area contributed by atoms with Crippen LogP contribution in [0.1, 0.15) is 56.6 Å². The van der Waals surface area contributed by atoms with Crippen LogP contribution < -0.4 is 5.32 Å². The maximum absolute atomic E-state index is 13.4. The van der Waals surface area contributed by atoms with E-state index in [4.69, 9.17) is 46.4 Å². The van der Waals surface area contributed by atoms with Gasteiger partial charge in [-0.05, 0) is 54.7 Å². The summed E-state index contributed by atoms with van der Waals surface area (Å²) in [7, 11) is 0. The molecule has 1 aliphatic carbocycles. The zero-order valence-electron chi connectivity index (χ0n) is 19.7. The highest BCUT2D eigenvalue weighted by Gasteiger charge is 2.30. The molecule has 0 aromatic heterocycles. The largest absolute Gasteiger partial charge is 0.352 e. The van der Waals surface area contributed by atoms with Gasteiger partial charge in [-0.1, -0.05) is 84.7 Å². The Labute approximate surface area is 232 Å². The lowest BCUT2D eigenvalue weighted by molar-refractivity contribution is -0.139. The van der Waals surface area contributed by atoms with E-state index in [-0.39, 0.29) is 30.2 Å². The minimum absolute atomic E-state index is 0.0951. The summed E-state index contributed by atoms with van der Waals surface area (Å²) in [6.45, 7) is 2.21. The highest BCUT2D eigenvalue weighted by atomic mass is 35.5. The number of halogens is 4. The van der Waals surface area contributed by atoms with Crippen LogP contribution in [-0.2, 0) is 21.9 Å². The Morgan fingerprint density at radius 1 is 0.943 bits per heavy atom. The first kappa shape index (κ1) is 28.5. The maximum atomic E-state index is 13.4. The van der Waals surface area contributed by atoms with E-state index in [1.54, 1.807) is 29.2 Å². The number of benzene rings is 2. The lowest BCUT2D eigenvalue weighted by Crippen LogP contribution is -2.52. The average molecular weight is 576 g/mol. The van der Waals surface area contributed by atoms with Crippen molar-refractivity contribution in [3.8, 4) is 0 Å². The molecule has 190 valence electrons. The minimum atomic E-state index is -0.565. The number of carbonyl (C=O) groups excluding carboxylic acids is 2. The highest BCUT2D eigenvalue weighted by molar-refractivity contribution is 7.99. The second-order valence-corrected chi connectivity index (χ2v) is 11.4. The molecule has 0 spiro atoms. The summed E-state index contributed by atoms with van der Waals surface area (Å²) >= 11 is 25.9. The Bertz CT molecular complexity index is 1030. The third-order valence-corrected chi connectivity index (χ3v) is 8.62. The molecule has 0 saturated heterocycles. The Hall–Kier alpha value is -1.11. The molecular formula is C26H30Cl4N2O2S. The van der Waals surface area contributed by atoms with Crippen molar-refractivity contribution < 1.29 is 9.59 Å². The molecule has 2 aromatic carbocycles. The van der Waals surface area contributed by atoms with Gasteiger partial charge >= 0.3 is 0 Å². The fourth-order valence-corrected chi connectivity index (χ4v) is 5.77. The smallest absolute Gasteiger partial charge is 0.243 e. The Kier molecular flexibility index (Phi) is 11.4. The number of hydrogen-bond donors (Lipinski definition) is 1. The lowest BCUT2D eigenvalue weighted by Gasteiger charge is -2.33. The Morgan fingerprint density at radius 3 is 2.14 bits per heavy atom. The number of thioether (sulfide) groups is 1. The van der Waals surface area contributed by atoms with Crippen molar-refractivity contribution in [2.75, 3.05) is 5.75 Å². The van der Waals surface area contributed by atoms with E-state index >= 15 is 0 Å². The number of nitrogens with zero attached hydrogens (tertiary/aromatic N) is 1. The van der Waals surface area contributed by atoms with Gasteiger partial charge in [0.15, 0.2) is 0 Å². The van der Waals surface area contributed by atoms with Gasteiger partial charge in [0, 0.05) is 18.3 Å². The summed E-state index contributed by atoms with van der Waals surface area (Å²) in [5.41, 5.74) is 1.81. The van der Waals surface area contributed by atoms with Crippen LogP contribution in [0.3, 0.4) is 0 Å². The maximum Gasteiger partial charge on any atom is 0.243 e. The molecule has 1 unspecified atom stereocenters. The average Bonchev–Trinajstić information content (AvgIpc) is 2.84. The van der Waals surface area contributed by atoms with Crippen LogP contribution in [0.25, 0.3) is 0 Å². The molecule has 1 atom stereocenters. The van der Waals surface area contributed by atoms with E-state index in [2.05, 4.69) is 5.32 Å². The standard InChI is InChI=1S/C26H30Cl4N2O2S/c1-2-24(26(34)31-19-6-4-3-5-7-19)32(14-17-8-10-20(27)22(29)12-17)25(33)16-35-15-18-9-11-21(28)23(30)13-18/h8-13,19,24H,2-7,14-16H2,1H3,(H,31,34). The van der Waals surface area contributed by atoms with Crippen LogP contribution in [0.2, 0.25) is 20.1 Å². The van der Waals surface area contributed by atoms with E-state index in [0.717, 1.165) is 36.8 Å². The van der Waals surface area contributed by atoms with Gasteiger partial charge in [0.05, 0.1) is 25.8 Å². The third kappa shape index (κ3) is 8.46. The van der Waals surface area contributed by atoms with Crippen molar-refractivity contribution >= 4 is 70.0 Å². The molecule has 9 heteroatoms. The van der Waals surface area contributed by atoms with Crippen molar-refractivity contribution in [3.05, 3.63) is 67.6 Å². The number of hydrogen-bond acceptors (Lipinski definition) is 3. The first-order chi connectivity index (χ1) is 16.8. The lowest BCUT2D eigenvalue weighted by atomic mass is 9.95. The van der Waals surface area contributed by atoms with Crippen molar-refractivity contribution in [2.45, 2.75) is 69.8 Å². The molecule has 1 N–H and O–H groups in total. The number of amides is 2. The van der Waals surface area contributed by atoms with Gasteiger partial charge < -0.3 is 10.2 Å². The van der Waals surface area contributed by atoms with Gasteiger partial charge in [-0.15, -0.1) is 11.8 Å². The summed E-state index contributed by atoms with van der Waals surface area (Å²) in [5.74, 6) is 0.636. The summed E-state index contributed by atoms with van der Waals surface area (Å²) < 4.78 is 0. The first-order valence-electron chi connectivity index (χ1n) is 11.8. The molecule has 0 radical (unpaired) electrons. The van der Waals surface area contributed by atoms with Gasteiger partial charge in [-0.25, -0.2) is 0 Å². The van der Waals surface area contributed by atoms with Gasteiger partial charge in [-0.2, -0.15) is 0 Å². The van der Waals surface area contributed by atoms with Crippen LogP contribution in [0, 0.1) is 0 Å². The Balaban J connectivity index is 1.72. The molecule has 4 nitrogen and oxygen atoms in total. The monoisotopic (exact) mass is 574 g/mol. The second-order valence-electron chi connectivity index (χ2n) is 8.78. The molecule has 1 fully saturated rings. The van der Waals surface area contributed by atoms with Crippen LogP contribution in [-0.4, -0.2) is 34.6 Å². The fourth-order valence-electron chi connectivity index (χ4n) is 4.27. The van der Waals surface area contributed by atoms with Gasteiger partial charge in [0.1, 0.15) is 6.04 Å². The number of rotatable bonds is 10. The van der Waals surface area contributed by atoms with Gasteiger partial charge in [-0.3, -0.25) is 9.59 Å². The van der Waals surface area contributed by atoms with Crippen LogP contribution in [0.15, 0.2) is 36.4 Å². The minimum Gasteiger partial charge on any atom is -0.352 e. The zero-order chi connectivity index (χ0) is 25.4. The molecule has 35 heavy (non-hydrogen) atoms. The number of carbonyl (C=O) groups is 2. The van der Waals surface area contributed by atoms with Crippen LogP contribution in [0.4, 0.5) is 0 Å². The quantitative estimate of drug-likeness (QED) is 0.314. The van der Waals surface area contributed by atoms with Crippen LogP contribution in [0.5, 0.6) is 0 Å². The predicted octanol–water partition coefficient (Wildman–Crippen LogP) is 7.79. The molecule has 0 aliphatic heterocycles. The highest BCUT2D eigenvalue weighted by Crippen LogP contribution is 2.27. The molecule has 1 aliphatic rings. The molecule has 0 heterocycles. The normalized spacial score (nSPS) is 15.0. The van der Waals surface area contributed by atoms with Crippen molar-refractivity contribution in [1.82, 2.24) is 10.2 Å². The van der Waals surface area contributed by atoms with Gasteiger partial charge in [0.2, 0.25) is 11.8 Å². The summed E-state index contributed by atoms with van der Waals surface area (Å²) in [6.07, 6.45) is 5.95. The molecule has 2 aromatic rings. The van der Waals surface area contributed by atoms with Crippen molar-refractivity contribution in [2.24, 2.45) is 0 Å². The predicted molar refractivity (Wildman–Crippen MR) is 149 cm³/mol. The summed E-state index contributed by atoms with van der Waals surface area (Å²) in [6, 6.07) is 10.4. The SMILES string of the molecule is CCC(C(=O)NC1CCCCC1)N(Cc1ccc(Cl)c(Cl)c1)C(=O)CSCc1ccc(Cl)c(Cl)c1. The second kappa shape index (κ2) is 14.0. The van der Waals surface area contributed by atoms with Crippen LogP contribution >= 0.6 is 58.2 Å². The zero-order valence-corrected chi connectivity index (χ0v) is 23.5. The van der Waals surface area contributed by atoms with Crippen molar-refractivity contribution in [3.63, 3.8) is 0 Å². The van der Waals surface area contributed by atoms with E-state index in [0.29, 0.717) is 32.3 Å². The Morgan fingerprint density at radius 2 is 1.54 bits per heavy atom. The molecule has 2 amide bonds. The van der Waals surface area contributed by atoms with Gasteiger partial charge in [0.25, 0.3) is 0 Å². The summed E-state index contributed by atoms with van der Waals surface area (Å²) in [5, 5.41) is 5.05.